The maximum Gasteiger partial charge on any atom is 0.498 e. The fraction of sp³-hybridized carbons (Fsp3) is 0.444. The molecule has 0 aliphatic carbocycles. The number of carbonyl (C=O) groups is 1. The number of ether oxygens (including phenoxy) is 2. The van der Waals surface area contributed by atoms with E-state index in [4.69, 9.17) is 23.2 Å². The largest absolute Gasteiger partial charge is 0.498 e. The maximum absolute atomic E-state index is 13.8. The predicted octanol–water partition coefficient (Wildman–Crippen LogP) is 5.74. The van der Waals surface area contributed by atoms with Crippen LogP contribution in [-0.4, -0.2) is 30.9 Å². The lowest BCUT2D eigenvalue weighted by Crippen LogP contribution is -2.41. The van der Waals surface area contributed by atoms with Crippen molar-refractivity contribution in [2.24, 2.45) is 0 Å². The van der Waals surface area contributed by atoms with Crippen LogP contribution in [-0.2, 0) is 38.0 Å². The van der Waals surface area contributed by atoms with E-state index in [9.17, 15) is 18.0 Å². The number of esters is 1. The second-order valence-corrected chi connectivity index (χ2v) is 10.2. The highest BCUT2D eigenvalue weighted by atomic mass is 19.4. The van der Waals surface area contributed by atoms with Crippen molar-refractivity contribution in [3.05, 3.63) is 58.8 Å². The van der Waals surface area contributed by atoms with Gasteiger partial charge in [0.25, 0.3) is 0 Å². The fourth-order valence-electron chi connectivity index (χ4n) is 4.15. The lowest BCUT2D eigenvalue weighted by atomic mass is 9.77. The Kier molecular flexibility index (Phi) is 7.11. The molecule has 198 valence electrons. The molecule has 3 aromatic rings. The van der Waals surface area contributed by atoms with Crippen LogP contribution in [0, 0.1) is 6.92 Å². The standard InChI is InChI=1S/C27H30BF3O6/c1-7-33-23(32)13-18-9-8-16(2)10-22(18)34-14-17-11-19-20(27(29,30)31)15-35-24(19)21(12-17)28-36-25(3,4)26(5,6)37-28/h8-12,15H,7,13-14H2,1-6H3. The molecule has 2 heterocycles. The molecule has 0 bridgehead atoms. The van der Waals surface area contributed by atoms with Gasteiger partial charge in [-0.25, -0.2) is 0 Å². The molecule has 1 fully saturated rings. The zero-order valence-corrected chi connectivity index (χ0v) is 21.7. The van der Waals surface area contributed by atoms with Crippen LogP contribution in [0.1, 0.15) is 56.9 Å². The second-order valence-electron chi connectivity index (χ2n) is 10.2. The van der Waals surface area contributed by atoms with Crippen LogP contribution in [0.15, 0.2) is 41.0 Å². The highest BCUT2D eigenvalue weighted by molar-refractivity contribution is 6.64. The van der Waals surface area contributed by atoms with Gasteiger partial charge in [-0.3, -0.25) is 4.79 Å². The molecule has 1 aliphatic rings. The Bertz CT molecular complexity index is 1300. The van der Waals surface area contributed by atoms with Crippen LogP contribution in [0.2, 0.25) is 0 Å². The third-order valence-corrected chi connectivity index (χ3v) is 6.83. The van der Waals surface area contributed by atoms with E-state index in [1.807, 2.05) is 40.7 Å². The minimum Gasteiger partial charge on any atom is -0.489 e. The molecule has 0 radical (unpaired) electrons. The number of hydrogen-bond acceptors (Lipinski definition) is 6. The summed E-state index contributed by atoms with van der Waals surface area (Å²) in [4.78, 5) is 12.0. The zero-order chi connectivity index (χ0) is 27.2. The number of benzene rings is 2. The van der Waals surface area contributed by atoms with Crippen molar-refractivity contribution in [1.29, 1.82) is 0 Å². The van der Waals surface area contributed by atoms with Gasteiger partial charge in [0.15, 0.2) is 0 Å². The zero-order valence-electron chi connectivity index (χ0n) is 21.7. The highest BCUT2D eigenvalue weighted by Gasteiger charge is 2.52. The number of alkyl halides is 3. The van der Waals surface area contributed by atoms with Gasteiger partial charge in [-0.2, -0.15) is 13.2 Å². The van der Waals surface area contributed by atoms with Gasteiger partial charge in [-0.15, -0.1) is 0 Å². The van der Waals surface area contributed by atoms with E-state index >= 15 is 0 Å². The Morgan fingerprint density at radius 1 is 1.05 bits per heavy atom. The Morgan fingerprint density at radius 3 is 2.35 bits per heavy atom. The van der Waals surface area contributed by atoms with E-state index in [-0.39, 0.29) is 30.6 Å². The van der Waals surface area contributed by atoms with Gasteiger partial charge in [0.2, 0.25) is 0 Å². The minimum atomic E-state index is -4.61. The smallest absolute Gasteiger partial charge is 0.489 e. The van der Waals surface area contributed by atoms with Crippen LogP contribution in [0.4, 0.5) is 13.2 Å². The summed E-state index contributed by atoms with van der Waals surface area (Å²) in [5.74, 6) is 0.0578. The van der Waals surface area contributed by atoms with E-state index in [0.717, 1.165) is 5.56 Å². The van der Waals surface area contributed by atoms with Crippen LogP contribution in [0.5, 0.6) is 5.75 Å². The summed E-state index contributed by atoms with van der Waals surface area (Å²) in [7, 11) is -0.932. The van der Waals surface area contributed by atoms with Gasteiger partial charge in [-0.1, -0.05) is 18.2 Å². The number of halogens is 3. The van der Waals surface area contributed by atoms with Gasteiger partial charge in [0.05, 0.1) is 24.2 Å². The van der Waals surface area contributed by atoms with Gasteiger partial charge in [0.1, 0.15) is 29.8 Å². The van der Waals surface area contributed by atoms with Crippen molar-refractivity contribution < 1.29 is 41.2 Å². The number of fused-ring (bicyclic) bond motifs is 1. The van der Waals surface area contributed by atoms with Crippen LogP contribution >= 0.6 is 0 Å². The normalized spacial score (nSPS) is 16.8. The topological polar surface area (TPSA) is 67.1 Å². The summed E-state index contributed by atoms with van der Waals surface area (Å²) in [6.45, 7) is 11.3. The first kappa shape index (κ1) is 27.1. The SMILES string of the molecule is CCOC(=O)Cc1ccc(C)cc1OCc1cc(B2OC(C)(C)C(C)(C)O2)c2occ(C(F)(F)F)c2c1. The molecule has 0 amide bonds. The molecular formula is C27H30BF3O6. The van der Waals surface area contributed by atoms with E-state index in [0.29, 0.717) is 28.6 Å². The molecule has 0 atom stereocenters. The fourth-order valence-corrected chi connectivity index (χ4v) is 4.15. The number of rotatable bonds is 7. The number of carbonyl (C=O) groups excluding carboxylic acids is 1. The summed E-state index contributed by atoms with van der Waals surface area (Å²) in [6, 6.07) is 8.48. The van der Waals surface area contributed by atoms with Gasteiger partial charge >= 0.3 is 19.3 Å². The molecule has 37 heavy (non-hydrogen) atoms. The first-order valence-electron chi connectivity index (χ1n) is 12.1. The lowest BCUT2D eigenvalue weighted by Gasteiger charge is -2.32. The Balaban J connectivity index is 1.72. The van der Waals surface area contributed by atoms with Crippen molar-refractivity contribution in [2.45, 2.75) is 71.9 Å². The van der Waals surface area contributed by atoms with Crippen molar-refractivity contribution in [3.63, 3.8) is 0 Å². The summed E-state index contributed by atoms with van der Waals surface area (Å²) in [5.41, 5.74) is 0.113. The molecule has 1 saturated heterocycles. The van der Waals surface area contributed by atoms with Crippen molar-refractivity contribution >= 4 is 29.5 Å². The van der Waals surface area contributed by atoms with Gasteiger partial charge in [-0.05, 0) is 64.8 Å². The number of hydrogen-bond donors (Lipinski definition) is 0. The van der Waals surface area contributed by atoms with Crippen LogP contribution in [0.3, 0.4) is 0 Å². The van der Waals surface area contributed by atoms with Crippen LogP contribution < -0.4 is 10.2 Å². The molecule has 2 aromatic carbocycles. The Hall–Kier alpha value is -2.98. The average Bonchev–Trinajstić information content (AvgIpc) is 3.31. The summed E-state index contributed by atoms with van der Waals surface area (Å²) in [6.07, 6.45) is -3.88. The molecule has 0 N–H and O–H groups in total. The Labute approximate surface area is 214 Å². The van der Waals surface area contributed by atoms with Crippen molar-refractivity contribution in [1.82, 2.24) is 0 Å². The van der Waals surface area contributed by atoms with E-state index < -0.39 is 36.0 Å². The molecule has 0 saturated carbocycles. The first-order chi connectivity index (χ1) is 17.2. The Morgan fingerprint density at radius 2 is 1.73 bits per heavy atom. The highest BCUT2D eigenvalue weighted by Crippen LogP contribution is 2.40. The molecule has 0 unspecified atom stereocenters. The second kappa shape index (κ2) is 9.72. The van der Waals surface area contributed by atoms with Gasteiger partial charge in [0, 0.05) is 16.4 Å². The summed E-state index contributed by atoms with van der Waals surface area (Å²) >= 11 is 0. The lowest BCUT2D eigenvalue weighted by molar-refractivity contribution is -0.142. The predicted molar refractivity (Wildman–Crippen MR) is 133 cm³/mol. The third kappa shape index (κ3) is 5.50. The molecule has 1 aromatic heterocycles. The average molecular weight is 518 g/mol. The monoisotopic (exact) mass is 518 g/mol. The van der Waals surface area contributed by atoms with Gasteiger partial charge < -0.3 is 23.2 Å². The molecule has 1 aliphatic heterocycles. The molecule has 0 spiro atoms. The maximum atomic E-state index is 13.8. The number of furan rings is 1. The molecule has 6 nitrogen and oxygen atoms in total. The molecule has 10 heteroatoms. The summed E-state index contributed by atoms with van der Waals surface area (Å²) in [5, 5.41) is -0.102. The quantitative estimate of drug-likeness (QED) is 0.294. The summed E-state index contributed by atoms with van der Waals surface area (Å²) < 4.78 is 70.0. The van der Waals surface area contributed by atoms with E-state index in [2.05, 4.69) is 0 Å². The minimum absolute atomic E-state index is 0.0155. The van der Waals surface area contributed by atoms with E-state index in [1.165, 1.54) is 6.07 Å². The van der Waals surface area contributed by atoms with Crippen molar-refractivity contribution in [3.8, 4) is 5.75 Å². The van der Waals surface area contributed by atoms with Crippen molar-refractivity contribution in [2.75, 3.05) is 6.61 Å². The van der Waals surface area contributed by atoms with Crippen LogP contribution in [0.25, 0.3) is 11.0 Å². The molecule has 4 rings (SSSR count). The number of aryl methyl sites for hydroxylation is 1. The third-order valence-electron chi connectivity index (χ3n) is 6.83. The van der Waals surface area contributed by atoms with E-state index in [1.54, 1.807) is 25.1 Å². The molecular weight excluding hydrogens is 488 g/mol. The first-order valence-corrected chi connectivity index (χ1v) is 12.1.